The number of aryl methyl sites for hydroxylation is 1. The Morgan fingerprint density at radius 3 is 2.58 bits per heavy atom. The third-order valence-corrected chi connectivity index (χ3v) is 6.53. The van der Waals surface area contributed by atoms with E-state index < -0.39 is 0 Å². The molecule has 5 rings (SSSR count). The zero-order valence-corrected chi connectivity index (χ0v) is 18.8. The molecule has 0 saturated carbocycles. The molecule has 0 bridgehead atoms. The van der Waals surface area contributed by atoms with Crippen molar-refractivity contribution in [1.29, 1.82) is 0 Å². The fourth-order valence-corrected chi connectivity index (χ4v) is 4.81. The molecule has 2 fully saturated rings. The number of amides is 2. The molecule has 2 aromatic heterocycles. The van der Waals surface area contributed by atoms with Gasteiger partial charge in [0.05, 0.1) is 6.20 Å². The fourth-order valence-electron chi connectivity index (χ4n) is 4.81. The van der Waals surface area contributed by atoms with Crippen LogP contribution >= 0.6 is 0 Å². The minimum absolute atomic E-state index is 0.0458. The average Bonchev–Trinajstić information content (AvgIpc) is 3.60. The predicted octanol–water partition coefficient (Wildman–Crippen LogP) is 3.03. The average molecular weight is 449 g/mol. The number of aromatic nitrogens is 4. The van der Waals surface area contributed by atoms with Crippen LogP contribution in [0.25, 0.3) is 11.3 Å². The first-order valence-corrected chi connectivity index (χ1v) is 11.6. The summed E-state index contributed by atoms with van der Waals surface area (Å²) in [7, 11) is 0. The van der Waals surface area contributed by atoms with E-state index in [2.05, 4.69) is 15.5 Å². The second-order valence-electron chi connectivity index (χ2n) is 8.91. The van der Waals surface area contributed by atoms with Crippen LogP contribution in [0.2, 0.25) is 0 Å². The number of benzene rings is 1. The predicted molar refractivity (Wildman–Crippen MR) is 120 cm³/mol. The van der Waals surface area contributed by atoms with Gasteiger partial charge in [0.1, 0.15) is 17.0 Å². The van der Waals surface area contributed by atoms with Gasteiger partial charge in [-0.3, -0.25) is 14.3 Å². The highest BCUT2D eigenvalue weighted by molar-refractivity contribution is 6.00. The first-order valence-electron chi connectivity index (χ1n) is 11.6. The number of hydrogen-bond donors (Lipinski definition) is 0. The lowest BCUT2D eigenvalue weighted by Gasteiger charge is -2.32. The lowest BCUT2D eigenvalue weighted by Crippen LogP contribution is -2.41. The zero-order valence-electron chi connectivity index (χ0n) is 18.8. The fraction of sp³-hybridized carbons (Fsp3) is 0.458. The summed E-state index contributed by atoms with van der Waals surface area (Å²) in [5.41, 5.74) is 2.37. The van der Waals surface area contributed by atoms with Gasteiger partial charge in [-0.25, -0.2) is 0 Å². The molecule has 0 radical (unpaired) electrons. The lowest BCUT2D eigenvalue weighted by atomic mass is 9.96. The van der Waals surface area contributed by atoms with Crippen LogP contribution in [0.4, 0.5) is 0 Å². The largest absolute Gasteiger partial charge is 0.360 e. The maximum atomic E-state index is 13.5. The van der Waals surface area contributed by atoms with Gasteiger partial charge < -0.3 is 14.3 Å². The Labute approximate surface area is 192 Å². The van der Waals surface area contributed by atoms with Gasteiger partial charge in [-0.1, -0.05) is 40.7 Å². The number of carbonyl (C=O) groups excluding carboxylic acids is 2. The Bertz CT molecular complexity index is 1130. The first kappa shape index (κ1) is 21.4. The van der Waals surface area contributed by atoms with E-state index in [-0.39, 0.29) is 17.7 Å². The van der Waals surface area contributed by atoms with Crippen LogP contribution in [0.15, 0.2) is 41.1 Å². The van der Waals surface area contributed by atoms with Crippen LogP contribution in [0.3, 0.4) is 0 Å². The van der Waals surface area contributed by atoms with Crippen molar-refractivity contribution in [2.75, 3.05) is 26.2 Å². The Kier molecular flexibility index (Phi) is 5.93. The van der Waals surface area contributed by atoms with E-state index in [4.69, 9.17) is 4.52 Å². The Morgan fingerprint density at radius 2 is 1.79 bits per heavy atom. The number of likely N-dealkylation sites (tertiary alicyclic amines) is 2. The standard InChI is InChI=1S/C24H28N6O3/c1-17-21(22(26-33-17)19-9-3-2-4-10-19)24(32)29-13-7-8-18(14-29)15-30-16-20(25-27-30)23(31)28-11-5-6-12-28/h2-4,9-10,16,18H,5-8,11-15H2,1H3/t18-/m0/s1. The van der Waals surface area contributed by atoms with Crippen LogP contribution in [-0.2, 0) is 6.54 Å². The molecule has 3 aromatic rings. The summed E-state index contributed by atoms with van der Waals surface area (Å²) in [5.74, 6) is 0.665. The summed E-state index contributed by atoms with van der Waals surface area (Å²) < 4.78 is 7.13. The molecule has 9 heteroatoms. The van der Waals surface area contributed by atoms with E-state index in [1.807, 2.05) is 40.1 Å². The molecular formula is C24H28N6O3. The number of carbonyl (C=O) groups is 2. The second kappa shape index (κ2) is 9.17. The molecule has 1 atom stereocenters. The molecule has 2 aliphatic rings. The van der Waals surface area contributed by atoms with Crippen molar-refractivity contribution in [3.63, 3.8) is 0 Å². The highest BCUT2D eigenvalue weighted by Gasteiger charge is 2.30. The number of piperidine rings is 1. The molecule has 0 unspecified atom stereocenters. The van der Waals surface area contributed by atoms with Crippen molar-refractivity contribution in [2.24, 2.45) is 5.92 Å². The number of nitrogens with zero attached hydrogens (tertiary/aromatic N) is 6. The third-order valence-electron chi connectivity index (χ3n) is 6.53. The molecule has 2 amide bonds. The van der Waals surface area contributed by atoms with Crippen molar-refractivity contribution >= 4 is 11.8 Å². The van der Waals surface area contributed by atoms with Crippen LogP contribution in [0.1, 0.15) is 52.3 Å². The summed E-state index contributed by atoms with van der Waals surface area (Å²) in [6.07, 6.45) is 5.73. The topological polar surface area (TPSA) is 97.4 Å². The number of hydrogen-bond acceptors (Lipinski definition) is 6. The molecule has 0 aliphatic carbocycles. The van der Waals surface area contributed by atoms with Gasteiger partial charge >= 0.3 is 0 Å². The molecule has 0 spiro atoms. The van der Waals surface area contributed by atoms with Crippen molar-refractivity contribution in [3.05, 3.63) is 53.5 Å². The van der Waals surface area contributed by atoms with Gasteiger partial charge in [-0.05, 0) is 38.5 Å². The lowest BCUT2D eigenvalue weighted by molar-refractivity contribution is 0.0658. The van der Waals surface area contributed by atoms with Gasteiger partial charge in [0.2, 0.25) is 0 Å². The summed E-state index contributed by atoms with van der Waals surface area (Å²) in [4.78, 5) is 29.7. The van der Waals surface area contributed by atoms with Crippen LogP contribution < -0.4 is 0 Å². The van der Waals surface area contributed by atoms with Crippen LogP contribution in [0, 0.1) is 12.8 Å². The monoisotopic (exact) mass is 448 g/mol. The third kappa shape index (κ3) is 4.40. The van der Waals surface area contributed by atoms with Crippen molar-refractivity contribution < 1.29 is 14.1 Å². The van der Waals surface area contributed by atoms with E-state index >= 15 is 0 Å². The summed E-state index contributed by atoms with van der Waals surface area (Å²) in [6.45, 7) is 5.30. The second-order valence-corrected chi connectivity index (χ2v) is 8.91. The highest BCUT2D eigenvalue weighted by Crippen LogP contribution is 2.28. The van der Waals surface area contributed by atoms with E-state index in [0.717, 1.165) is 44.3 Å². The maximum Gasteiger partial charge on any atom is 0.276 e. The molecule has 2 aliphatic heterocycles. The maximum absolute atomic E-state index is 13.5. The SMILES string of the molecule is Cc1onc(-c2ccccc2)c1C(=O)N1CCC[C@H](Cn2cc(C(=O)N3CCCC3)nn2)C1. The molecule has 9 nitrogen and oxygen atoms in total. The first-order chi connectivity index (χ1) is 16.1. The normalized spacial score (nSPS) is 18.6. The Hall–Kier alpha value is -3.49. The zero-order chi connectivity index (χ0) is 22.8. The molecule has 0 N–H and O–H groups in total. The van der Waals surface area contributed by atoms with Crippen LogP contribution in [0.5, 0.6) is 0 Å². The van der Waals surface area contributed by atoms with Crippen molar-refractivity contribution in [3.8, 4) is 11.3 Å². The Balaban J connectivity index is 1.27. The van der Waals surface area contributed by atoms with Gasteiger partial charge in [0, 0.05) is 38.3 Å². The van der Waals surface area contributed by atoms with Crippen LogP contribution in [-0.4, -0.2) is 67.9 Å². The van der Waals surface area contributed by atoms with Crippen molar-refractivity contribution in [2.45, 2.75) is 39.2 Å². The molecule has 1 aromatic carbocycles. The quantitative estimate of drug-likeness (QED) is 0.595. The minimum Gasteiger partial charge on any atom is -0.360 e. The van der Waals surface area contributed by atoms with Gasteiger partial charge in [-0.2, -0.15) is 0 Å². The summed E-state index contributed by atoms with van der Waals surface area (Å²) in [6, 6.07) is 9.63. The van der Waals surface area contributed by atoms with E-state index in [0.29, 0.717) is 42.3 Å². The van der Waals surface area contributed by atoms with Gasteiger partial charge in [0.15, 0.2) is 5.69 Å². The smallest absolute Gasteiger partial charge is 0.276 e. The van der Waals surface area contributed by atoms with Gasteiger partial charge in [0.25, 0.3) is 11.8 Å². The molecular weight excluding hydrogens is 420 g/mol. The highest BCUT2D eigenvalue weighted by atomic mass is 16.5. The molecule has 2 saturated heterocycles. The molecule has 4 heterocycles. The minimum atomic E-state index is -0.0548. The number of rotatable bonds is 5. The van der Waals surface area contributed by atoms with E-state index in [1.165, 1.54) is 0 Å². The summed E-state index contributed by atoms with van der Waals surface area (Å²) >= 11 is 0. The van der Waals surface area contributed by atoms with E-state index in [1.54, 1.807) is 17.8 Å². The van der Waals surface area contributed by atoms with Gasteiger partial charge in [-0.15, -0.1) is 5.10 Å². The molecule has 33 heavy (non-hydrogen) atoms. The van der Waals surface area contributed by atoms with Crippen molar-refractivity contribution in [1.82, 2.24) is 30.0 Å². The summed E-state index contributed by atoms with van der Waals surface area (Å²) in [5, 5.41) is 12.4. The van der Waals surface area contributed by atoms with E-state index in [9.17, 15) is 9.59 Å². The Morgan fingerprint density at radius 1 is 1.03 bits per heavy atom. The molecule has 172 valence electrons.